The van der Waals surface area contributed by atoms with Gasteiger partial charge in [-0.1, -0.05) is 22.8 Å². The number of rotatable bonds is 5. The van der Waals surface area contributed by atoms with Crippen LogP contribution in [0.4, 0.5) is 13.2 Å². The number of likely N-dealkylation sites (tertiary alicyclic amines) is 1. The van der Waals surface area contributed by atoms with Crippen LogP contribution in [0.1, 0.15) is 25.3 Å². The van der Waals surface area contributed by atoms with Crippen LogP contribution >= 0.6 is 11.6 Å². The van der Waals surface area contributed by atoms with Crippen LogP contribution in [-0.4, -0.2) is 39.2 Å². The van der Waals surface area contributed by atoms with E-state index in [4.69, 9.17) is 16.1 Å². The Morgan fingerprint density at radius 2 is 2.07 bits per heavy atom. The monoisotopic (exact) mass is 415 g/mol. The van der Waals surface area contributed by atoms with E-state index in [9.17, 15) is 18.3 Å². The van der Waals surface area contributed by atoms with E-state index in [-0.39, 0.29) is 23.5 Å². The Morgan fingerprint density at radius 1 is 1.36 bits per heavy atom. The first kappa shape index (κ1) is 20.2. The second-order valence-electron chi connectivity index (χ2n) is 6.14. The van der Waals surface area contributed by atoms with Crippen LogP contribution in [0.2, 0.25) is 0 Å². The molecule has 2 atom stereocenters. The van der Waals surface area contributed by atoms with E-state index in [1.807, 2.05) is 11.8 Å². The van der Waals surface area contributed by atoms with Crippen molar-refractivity contribution in [3.63, 3.8) is 0 Å². The van der Waals surface area contributed by atoms with Gasteiger partial charge < -0.3 is 19.3 Å². The zero-order valence-electron chi connectivity index (χ0n) is 14.7. The summed E-state index contributed by atoms with van der Waals surface area (Å²) in [6, 6.07) is 4.79. The number of aromatic nitrogens is 2. The van der Waals surface area contributed by atoms with Crippen molar-refractivity contribution in [2.75, 3.05) is 6.54 Å². The number of allylic oxidation sites excluding steroid dienone is 3. The van der Waals surface area contributed by atoms with E-state index in [1.165, 1.54) is 24.3 Å². The van der Waals surface area contributed by atoms with Crippen molar-refractivity contribution in [2.24, 2.45) is 0 Å². The molecular formula is C18H17ClF3N3O3. The van der Waals surface area contributed by atoms with Gasteiger partial charge in [0.2, 0.25) is 11.7 Å². The third-order valence-corrected chi connectivity index (χ3v) is 4.23. The van der Waals surface area contributed by atoms with Crippen LogP contribution in [0.15, 0.2) is 52.2 Å². The SMILES string of the molecule is C/C=C\C(Cl)=C/N1C[C@H](O)C[C@H]1c1nc(-c2ccc(OC(F)(F)F)cc2)no1. The minimum Gasteiger partial charge on any atom is -0.406 e. The van der Waals surface area contributed by atoms with Crippen molar-refractivity contribution in [1.82, 2.24) is 15.0 Å². The van der Waals surface area contributed by atoms with Gasteiger partial charge in [0.1, 0.15) is 11.8 Å². The number of alkyl halides is 3. The van der Waals surface area contributed by atoms with Crippen molar-refractivity contribution < 1.29 is 27.5 Å². The Morgan fingerprint density at radius 3 is 2.71 bits per heavy atom. The molecule has 3 rings (SSSR count). The molecule has 0 unspecified atom stereocenters. The maximum atomic E-state index is 12.2. The number of benzene rings is 1. The molecule has 0 bridgehead atoms. The summed E-state index contributed by atoms with van der Waals surface area (Å²) in [6.45, 7) is 2.20. The van der Waals surface area contributed by atoms with Crippen molar-refractivity contribution in [1.29, 1.82) is 0 Å². The van der Waals surface area contributed by atoms with Gasteiger partial charge in [-0.25, -0.2) is 0 Å². The molecule has 1 aliphatic rings. The number of hydrogen-bond acceptors (Lipinski definition) is 6. The van der Waals surface area contributed by atoms with Crippen molar-refractivity contribution >= 4 is 11.6 Å². The third kappa shape index (κ3) is 5.05. The lowest BCUT2D eigenvalue weighted by atomic mass is 10.2. The predicted octanol–water partition coefficient (Wildman–Crippen LogP) is 4.40. The number of nitrogens with zero attached hydrogens (tertiary/aromatic N) is 3. The molecule has 1 N–H and O–H groups in total. The van der Waals surface area contributed by atoms with Gasteiger partial charge in [0.05, 0.1) is 11.1 Å². The van der Waals surface area contributed by atoms with Crippen LogP contribution in [0.5, 0.6) is 5.75 Å². The summed E-state index contributed by atoms with van der Waals surface area (Å²) in [5.41, 5.74) is 0.470. The highest BCUT2D eigenvalue weighted by Crippen LogP contribution is 2.33. The summed E-state index contributed by atoms with van der Waals surface area (Å²) in [5, 5.41) is 14.4. The highest BCUT2D eigenvalue weighted by molar-refractivity contribution is 6.31. The van der Waals surface area contributed by atoms with E-state index in [2.05, 4.69) is 14.9 Å². The van der Waals surface area contributed by atoms with E-state index in [1.54, 1.807) is 18.4 Å². The number of aliphatic hydroxyl groups is 1. The molecular weight excluding hydrogens is 399 g/mol. The fourth-order valence-electron chi connectivity index (χ4n) is 2.88. The van der Waals surface area contributed by atoms with Gasteiger partial charge in [0.15, 0.2) is 0 Å². The summed E-state index contributed by atoms with van der Waals surface area (Å²) in [6.07, 6.45) is 0.247. The molecule has 2 aromatic rings. The van der Waals surface area contributed by atoms with Gasteiger partial charge in [0.25, 0.3) is 0 Å². The summed E-state index contributed by atoms with van der Waals surface area (Å²) in [4.78, 5) is 6.13. The summed E-state index contributed by atoms with van der Waals surface area (Å²) in [7, 11) is 0. The number of ether oxygens (including phenoxy) is 1. The molecule has 0 amide bonds. The molecule has 6 nitrogen and oxygen atoms in total. The summed E-state index contributed by atoms with van der Waals surface area (Å²) >= 11 is 6.12. The second kappa shape index (κ2) is 8.24. The minimum atomic E-state index is -4.75. The quantitative estimate of drug-likeness (QED) is 0.730. The van der Waals surface area contributed by atoms with Gasteiger partial charge in [-0.15, -0.1) is 13.2 Å². The lowest BCUT2D eigenvalue weighted by Crippen LogP contribution is -2.19. The van der Waals surface area contributed by atoms with Crippen molar-refractivity contribution in [3.8, 4) is 17.1 Å². The minimum absolute atomic E-state index is 0.221. The zero-order valence-corrected chi connectivity index (χ0v) is 15.5. The van der Waals surface area contributed by atoms with Gasteiger partial charge in [0, 0.05) is 24.7 Å². The van der Waals surface area contributed by atoms with Crippen LogP contribution in [0, 0.1) is 0 Å². The Hall–Kier alpha value is -2.52. The average molecular weight is 416 g/mol. The maximum Gasteiger partial charge on any atom is 0.573 e. The second-order valence-corrected chi connectivity index (χ2v) is 6.58. The van der Waals surface area contributed by atoms with Crippen molar-refractivity contribution in [2.45, 2.75) is 31.9 Å². The lowest BCUT2D eigenvalue weighted by Gasteiger charge is -2.19. The van der Waals surface area contributed by atoms with Gasteiger partial charge in [-0.05, 0) is 37.3 Å². The largest absolute Gasteiger partial charge is 0.573 e. The molecule has 0 aliphatic carbocycles. The van der Waals surface area contributed by atoms with Gasteiger partial charge >= 0.3 is 6.36 Å². The summed E-state index contributed by atoms with van der Waals surface area (Å²) in [5.74, 6) is 0.163. The topological polar surface area (TPSA) is 71.6 Å². The smallest absolute Gasteiger partial charge is 0.406 e. The van der Waals surface area contributed by atoms with Crippen LogP contribution in [-0.2, 0) is 0 Å². The van der Waals surface area contributed by atoms with E-state index in [0.29, 0.717) is 23.6 Å². The highest BCUT2D eigenvalue weighted by Gasteiger charge is 2.35. The number of aliphatic hydroxyl groups excluding tert-OH is 1. The number of halogens is 4. The molecule has 28 heavy (non-hydrogen) atoms. The molecule has 1 fully saturated rings. The maximum absolute atomic E-state index is 12.2. The summed E-state index contributed by atoms with van der Waals surface area (Å²) < 4.78 is 45.9. The number of β-amino-alcohol motifs (C(OH)–C–C–N with tert-alkyl or cyclic N) is 1. The molecule has 0 radical (unpaired) electrons. The Kier molecular flexibility index (Phi) is 5.95. The Labute approximate surface area is 163 Å². The fraction of sp³-hybridized carbons (Fsp3) is 0.333. The molecule has 0 spiro atoms. The Balaban J connectivity index is 1.78. The molecule has 1 aromatic heterocycles. The van der Waals surface area contributed by atoms with Gasteiger partial charge in [-0.2, -0.15) is 4.98 Å². The molecule has 1 saturated heterocycles. The Bertz CT molecular complexity index is 865. The number of hydrogen-bond donors (Lipinski definition) is 1. The van der Waals surface area contributed by atoms with Crippen LogP contribution < -0.4 is 4.74 Å². The molecule has 0 saturated carbocycles. The lowest BCUT2D eigenvalue weighted by molar-refractivity contribution is -0.274. The zero-order chi connectivity index (χ0) is 20.3. The highest BCUT2D eigenvalue weighted by atomic mass is 35.5. The standard InChI is InChI=1S/C18H17ClF3N3O3/c1-2-3-12(19)9-25-10-13(26)8-15(25)17-23-16(24-28-17)11-4-6-14(7-5-11)27-18(20,21)22/h2-7,9,13,15,26H,8,10H2,1H3/b3-2-,12-9+/t13-,15+/m1/s1. The van der Waals surface area contributed by atoms with E-state index >= 15 is 0 Å². The van der Waals surface area contributed by atoms with Crippen LogP contribution in [0.3, 0.4) is 0 Å². The van der Waals surface area contributed by atoms with Crippen molar-refractivity contribution in [3.05, 3.63) is 53.5 Å². The van der Waals surface area contributed by atoms with E-state index in [0.717, 1.165) is 0 Å². The fourth-order valence-corrected chi connectivity index (χ4v) is 3.13. The van der Waals surface area contributed by atoms with E-state index < -0.39 is 12.5 Å². The molecule has 150 valence electrons. The first-order chi connectivity index (χ1) is 13.2. The third-order valence-electron chi connectivity index (χ3n) is 4.01. The molecule has 1 aliphatic heterocycles. The first-order valence-electron chi connectivity index (χ1n) is 8.39. The average Bonchev–Trinajstić information content (AvgIpc) is 3.21. The van der Waals surface area contributed by atoms with Gasteiger partial charge in [-0.3, -0.25) is 0 Å². The molecule has 1 aromatic carbocycles. The molecule has 10 heteroatoms. The first-order valence-corrected chi connectivity index (χ1v) is 8.76. The van der Waals surface area contributed by atoms with Crippen LogP contribution in [0.25, 0.3) is 11.4 Å². The molecule has 2 heterocycles. The normalized spacial score (nSPS) is 20.9. The predicted molar refractivity (Wildman–Crippen MR) is 95.2 cm³/mol.